The molecule has 0 N–H and O–H groups in total. The first-order valence-corrected chi connectivity index (χ1v) is 5.72. The van der Waals surface area contributed by atoms with Gasteiger partial charge in [-0.25, -0.2) is 9.97 Å². The van der Waals surface area contributed by atoms with Gasteiger partial charge in [0.2, 0.25) is 0 Å². The largest absolute Gasteiger partial charge is 0.227 e. The highest BCUT2D eigenvalue weighted by molar-refractivity contribution is 7.98. The molecule has 0 radical (unpaired) electrons. The minimum Gasteiger partial charge on any atom is -0.227 e. The van der Waals surface area contributed by atoms with Crippen LogP contribution in [0.1, 0.15) is 11.3 Å². The van der Waals surface area contributed by atoms with Crippen molar-refractivity contribution in [1.29, 1.82) is 0 Å². The van der Waals surface area contributed by atoms with E-state index in [2.05, 4.69) is 35.1 Å². The maximum atomic E-state index is 4.45. The van der Waals surface area contributed by atoms with Gasteiger partial charge in [-0.15, -0.1) is 0 Å². The van der Waals surface area contributed by atoms with E-state index in [9.17, 15) is 0 Å². The molecule has 1 heterocycles. The Hall–Kier alpha value is -1.09. The summed E-state index contributed by atoms with van der Waals surface area (Å²) in [6.45, 7) is 4.12. The zero-order valence-corrected chi connectivity index (χ0v) is 9.35. The molecular formula is C11H12N2S. The molecule has 2 rings (SSSR count). The van der Waals surface area contributed by atoms with Crippen molar-refractivity contribution in [2.24, 2.45) is 0 Å². The number of hydrogen-bond acceptors (Lipinski definition) is 3. The van der Waals surface area contributed by atoms with Crippen LogP contribution in [-0.2, 0) is 0 Å². The van der Waals surface area contributed by atoms with Crippen LogP contribution in [0.5, 0.6) is 0 Å². The molecule has 14 heavy (non-hydrogen) atoms. The average Bonchev–Trinajstić information content (AvgIpc) is 2.19. The van der Waals surface area contributed by atoms with Crippen LogP contribution in [-0.4, -0.2) is 16.2 Å². The fourth-order valence-corrected chi connectivity index (χ4v) is 1.88. The van der Waals surface area contributed by atoms with Crippen molar-refractivity contribution in [3.05, 3.63) is 29.5 Å². The molecular weight excluding hydrogens is 192 g/mol. The number of hydrogen-bond donors (Lipinski definition) is 0. The number of fused-ring (bicyclic) bond motifs is 1. The summed E-state index contributed by atoms with van der Waals surface area (Å²) in [6, 6.07) is 6.27. The Labute approximate surface area is 87.8 Å². The number of thioether (sulfide) groups is 1. The van der Waals surface area contributed by atoms with Gasteiger partial charge in [-0.05, 0) is 32.2 Å². The molecule has 0 unspecified atom stereocenters. The fraction of sp³-hybridized carbons (Fsp3) is 0.273. The highest BCUT2D eigenvalue weighted by Crippen LogP contribution is 2.19. The van der Waals surface area contributed by atoms with Crippen LogP contribution in [0, 0.1) is 13.8 Å². The van der Waals surface area contributed by atoms with Crippen LogP contribution in [0.4, 0.5) is 0 Å². The van der Waals surface area contributed by atoms with Crippen molar-refractivity contribution in [2.75, 3.05) is 6.26 Å². The molecule has 0 saturated heterocycles. The average molecular weight is 204 g/mol. The Kier molecular flexibility index (Phi) is 2.42. The van der Waals surface area contributed by atoms with Crippen LogP contribution in [0.3, 0.4) is 0 Å². The smallest absolute Gasteiger partial charge is 0.188 e. The fourth-order valence-electron chi connectivity index (χ4n) is 1.46. The van der Waals surface area contributed by atoms with Crippen molar-refractivity contribution in [3.8, 4) is 0 Å². The van der Waals surface area contributed by atoms with Crippen LogP contribution in [0.15, 0.2) is 23.4 Å². The molecule has 72 valence electrons. The third kappa shape index (κ3) is 1.60. The maximum Gasteiger partial charge on any atom is 0.188 e. The predicted molar refractivity (Wildman–Crippen MR) is 60.8 cm³/mol. The monoisotopic (exact) mass is 204 g/mol. The summed E-state index contributed by atoms with van der Waals surface area (Å²) in [5.74, 6) is 0. The molecule has 3 heteroatoms. The van der Waals surface area contributed by atoms with Gasteiger partial charge in [0.05, 0.1) is 5.52 Å². The first-order valence-electron chi connectivity index (χ1n) is 4.49. The normalized spacial score (nSPS) is 10.8. The molecule has 1 aromatic carbocycles. The second kappa shape index (κ2) is 3.58. The lowest BCUT2D eigenvalue weighted by Crippen LogP contribution is -1.92. The minimum atomic E-state index is 0.846. The zero-order chi connectivity index (χ0) is 10.1. The molecule has 1 aromatic heterocycles. The van der Waals surface area contributed by atoms with Crippen molar-refractivity contribution in [3.63, 3.8) is 0 Å². The third-order valence-electron chi connectivity index (χ3n) is 2.20. The molecule has 0 bridgehead atoms. The van der Waals surface area contributed by atoms with Crippen LogP contribution in [0.2, 0.25) is 0 Å². The standard InChI is InChI=1S/C11H12N2S/c1-7-4-5-10-9(6-7)8(2)12-11(13-10)14-3/h4-6H,1-3H3. The maximum absolute atomic E-state index is 4.45. The molecule has 0 aliphatic heterocycles. The third-order valence-corrected chi connectivity index (χ3v) is 2.75. The summed E-state index contributed by atoms with van der Waals surface area (Å²) in [7, 11) is 0. The number of aryl methyl sites for hydroxylation is 2. The second-order valence-corrected chi connectivity index (χ2v) is 4.09. The van der Waals surface area contributed by atoms with E-state index in [0.717, 1.165) is 21.8 Å². The van der Waals surface area contributed by atoms with Crippen LogP contribution in [0.25, 0.3) is 10.9 Å². The summed E-state index contributed by atoms with van der Waals surface area (Å²) in [6.07, 6.45) is 1.99. The molecule has 0 amide bonds. The molecule has 2 aromatic rings. The summed E-state index contributed by atoms with van der Waals surface area (Å²) >= 11 is 1.58. The second-order valence-electron chi connectivity index (χ2n) is 3.32. The Morgan fingerprint density at radius 1 is 1.14 bits per heavy atom. The lowest BCUT2D eigenvalue weighted by atomic mass is 10.1. The van der Waals surface area contributed by atoms with Crippen LogP contribution >= 0.6 is 11.8 Å². The summed E-state index contributed by atoms with van der Waals surface area (Å²) in [5.41, 5.74) is 3.34. The lowest BCUT2D eigenvalue weighted by Gasteiger charge is -2.04. The van der Waals surface area contributed by atoms with Gasteiger partial charge in [-0.2, -0.15) is 0 Å². The van der Waals surface area contributed by atoms with E-state index in [1.807, 2.05) is 13.2 Å². The van der Waals surface area contributed by atoms with Gasteiger partial charge in [0.15, 0.2) is 5.16 Å². The predicted octanol–water partition coefficient (Wildman–Crippen LogP) is 2.97. The van der Waals surface area contributed by atoms with E-state index >= 15 is 0 Å². The van der Waals surface area contributed by atoms with Gasteiger partial charge >= 0.3 is 0 Å². The Morgan fingerprint density at radius 2 is 1.93 bits per heavy atom. The molecule has 0 saturated carbocycles. The van der Waals surface area contributed by atoms with Crippen molar-refractivity contribution >= 4 is 22.7 Å². The van der Waals surface area contributed by atoms with E-state index in [4.69, 9.17) is 0 Å². The SMILES string of the molecule is CSc1nc(C)c2cc(C)ccc2n1. The van der Waals surface area contributed by atoms with Gasteiger partial charge in [0, 0.05) is 11.1 Å². The zero-order valence-electron chi connectivity index (χ0n) is 8.53. The Bertz CT molecular complexity index is 480. The van der Waals surface area contributed by atoms with Gasteiger partial charge in [-0.1, -0.05) is 23.4 Å². The number of rotatable bonds is 1. The Balaban J connectivity index is 2.76. The molecule has 0 aliphatic rings. The van der Waals surface area contributed by atoms with Crippen LogP contribution < -0.4 is 0 Å². The summed E-state index contributed by atoms with van der Waals surface area (Å²) < 4.78 is 0. The Morgan fingerprint density at radius 3 is 2.64 bits per heavy atom. The van der Waals surface area contributed by atoms with Gasteiger partial charge in [-0.3, -0.25) is 0 Å². The van der Waals surface area contributed by atoms with Crippen molar-refractivity contribution in [2.45, 2.75) is 19.0 Å². The van der Waals surface area contributed by atoms with Crippen molar-refractivity contribution in [1.82, 2.24) is 9.97 Å². The molecule has 2 nitrogen and oxygen atoms in total. The summed E-state index contributed by atoms with van der Waals surface area (Å²) in [4.78, 5) is 8.86. The molecule has 0 spiro atoms. The quantitative estimate of drug-likeness (QED) is 0.527. The van der Waals surface area contributed by atoms with E-state index in [1.54, 1.807) is 11.8 Å². The number of benzene rings is 1. The van der Waals surface area contributed by atoms with Gasteiger partial charge in [0.25, 0.3) is 0 Å². The molecule has 0 aliphatic carbocycles. The number of aromatic nitrogens is 2. The first kappa shape index (κ1) is 9.46. The van der Waals surface area contributed by atoms with E-state index < -0.39 is 0 Å². The highest BCUT2D eigenvalue weighted by Gasteiger charge is 2.03. The topological polar surface area (TPSA) is 25.8 Å². The molecule has 0 fully saturated rings. The molecule has 0 atom stereocenters. The van der Waals surface area contributed by atoms with E-state index in [0.29, 0.717) is 0 Å². The summed E-state index contributed by atoms with van der Waals surface area (Å²) in [5, 5.41) is 2.00. The van der Waals surface area contributed by atoms with Gasteiger partial charge in [0.1, 0.15) is 0 Å². The minimum absolute atomic E-state index is 0.846. The van der Waals surface area contributed by atoms with E-state index in [1.165, 1.54) is 5.56 Å². The van der Waals surface area contributed by atoms with E-state index in [-0.39, 0.29) is 0 Å². The lowest BCUT2D eigenvalue weighted by molar-refractivity contribution is 0.971. The number of nitrogens with zero attached hydrogens (tertiary/aromatic N) is 2. The van der Waals surface area contributed by atoms with Gasteiger partial charge < -0.3 is 0 Å². The highest BCUT2D eigenvalue weighted by atomic mass is 32.2. The van der Waals surface area contributed by atoms with Crippen molar-refractivity contribution < 1.29 is 0 Å². The first-order chi connectivity index (χ1) is 6.70.